The highest BCUT2D eigenvalue weighted by Crippen LogP contribution is 2.32. The van der Waals surface area contributed by atoms with Gasteiger partial charge in [-0.3, -0.25) is 49.1 Å². The van der Waals surface area contributed by atoms with Gasteiger partial charge in [-0.25, -0.2) is 9.97 Å². The van der Waals surface area contributed by atoms with Gasteiger partial charge in [0.1, 0.15) is 46.4 Å². The summed E-state index contributed by atoms with van der Waals surface area (Å²) in [6.45, 7) is 7.81. The van der Waals surface area contributed by atoms with Crippen LogP contribution in [0.5, 0.6) is 11.5 Å². The number of carboxylic acids is 2. The zero-order valence-corrected chi connectivity index (χ0v) is 42.0. The number of nitrogens with one attached hydrogen (secondary N) is 1. The predicted octanol–water partition coefficient (Wildman–Crippen LogP) is 2.99. The fourth-order valence-corrected chi connectivity index (χ4v) is 7.10. The number of nitrogens with zero attached hydrogens (tertiary/aromatic N) is 8. The Labute approximate surface area is 426 Å². The van der Waals surface area contributed by atoms with E-state index < -0.39 is 35.4 Å². The molecule has 0 radical (unpaired) electrons. The summed E-state index contributed by atoms with van der Waals surface area (Å²) in [6.07, 6.45) is 12.3. The average Bonchev–Trinajstić information content (AvgIpc) is 3.87. The number of carboxylic acid groups (broad SMARTS) is 2. The maximum absolute atomic E-state index is 13.8. The smallest absolute Gasteiger partial charge is 0.305 e. The monoisotopic (exact) mass is 1020 g/mol. The van der Waals surface area contributed by atoms with Crippen LogP contribution in [0.2, 0.25) is 0 Å². The number of aromatic nitrogens is 4. The van der Waals surface area contributed by atoms with Crippen molar-refractivity contribution in [2.24, 2.45) is 43.6 Å². The summed E-state index contributed by atoms with van der Waals surface area (Å²) >= 11 is 0. The molecule has 4 aromatic rings. The minimum Gasteiger partial charge on any atom is -0.491 e. The molecule has 0 bridgehead atoms. The second-order valence-corrected chi connectivity index (χ2v) is 16.4. The predicted molar refractivity (Wildman–Crippen MR) is 282 cm³/mol. The Bertz CT molecular complexity index is 2980. The number of rotatable bonds is 30. The number of imidazole rings is 2. The standard InChI is InChI=1S/C50H64N14O10/c1-6-57-35(21-30(3)52)39(65)27-42-59-36-23-32(47(54)70)25-40(74-20-12-13-43(66)67)45(36)63(42)16-9-10-17-64-46-37(60-50(64)61-49(72)38(58-7-2)22-31(4)53)24-33(48(55)71)26-41(46)73-19-11-8-15-56-29-34(28-51)62(5)18-14-44(68)69/h8-11,21-26,28-29H,6-7,12-20,27,51-53H2,1-5H3,(H2,54,70)(H2,55,71)(H,66,67)(H,68,69)(H,60,61,72)/b10-9+,11-8+,30-21-,31-22-,34-28+,56-29?,57-35?,58-38?. The van der Waals surface area contributed by atoms with Crippen LogP contribution < -0.4 is 43.5 Å². The van der Waals surface area contributed by atoms with E-state index in [2.05, 4.69) is 20.3 Å². The van der Waals surface area contributed by atoms with E-state index in [1.807, 2.05) is 0 Å². The third-order valence-corrected chi connectivity index (χ3v) is 10.5. The lowest BCUT2D eigenvalue weighted by Gasteiger charge is -2.18. The van der Waals surface area contributed by atoms with Crippen molar-refractivity contribution in [3.63, 3.8) is 0 Å². The number of allylic oxidation sites excluding steroid dienone is 6. The number of nitrogens with two attached hydrogens (primary N) is 5. The molecule has 394 valence electrons. The normalized spacial score (nSPS) is 12.9. The molecule has 0 unspecified atom stereocenters. The molecule has 0 aliphatic heterocycles. The Balaban J connectivity index is 1.82. The fourth-order valence-electron chi connectivity index (χ4n) is 7.10. The summed E-state index contributed by atoms with van der Waals surface area (Å²) in [5.74, 6) is -3.87. The van der Waals surface area contributed by atoms with Crippen molar-refractivity contribution < 1.29 is 48.5 Å². The van der Waals surface area contributed by atoms with Gasteiger partial charge >= 0.3 is 11.9 Å². The minimum atomic E-state index is -1.02. The zero-order valence-electron chi connectivity index (χ0n) is 42.0. The number of aliphatic imine (C=N–C) groups is 3. The molecule has 0 aliphatic rings. The molecular formula is C50H64N14O10. The molecule has 2 aromatic heterocycles. The van der Waals surface area contributed by atoms with Crippen LogP contribution in [-0.4, -0.2) is 134 Å². The highest BCUT2D eigenvalue weighted by Gasteiger charge is 2.23. The number of hydrogen-bond donors (Lipinski definition) is 8. The van der Waals surface area contributed by atoms with Gasteiger partial charge < -0.3 is 62.4 Å². The van der Waals surface area contributed by atoms with E-state index in [9.17, 15) is 33.9 Å². The second-order valence-electron chi connectivity index (χ2n) is 16.4. The van der Waals surface area contributed by atoms with Crippen LogP contribution in [0, 0.1) is 0 Å². The van der Waals surface area contributed by atoms with E-state index >= 15 is 0 Å². The van der Waals surface area contributed by atoms with Gasteiger partial charge in [0.15, 0.2) is 5.78 Å². The molecule has 0 aliphatic carbocycles. The third-order valence-electron chi connectivity index (χ3n) is 10.5. The second kappa shape index (κ2) is 28.1. The summed E-state index contributed by atoms with van der Waals surface area (Å²) in [5.41, 5.74) is 31.8. The Morgan fingerprint density at radius 3 is 1.91 bits per heavy atom. The van der Waals surface area contributed by atoms with Crippen molar-refractivity contribution >= 4 is 81.1 Å². The maximum atomic E-state index is 13.8. The molecule has 3 amide bonds. The van der Waals surface area contributed by atoms with Crippen LogP contribution in [0.15, 0.2) is 99.0 Å². The number of Topliss-reactive ketones (excluding diaryl/α,β-unsaturated/α-hetero) is 1. The molecule has 0 saturated carbocycles. The van der Waals surface area contributed by atoms with E-state index in [4.69, 9.17) is 53.2 Å². The summed E-state index contributed by atoms with van der Waals surface area (Å²) in [6, 6.07) is 5.81. The first-order chi connectivity index (χ1) is 35.3. The van der Waals surface area contributed by atoms with Crippen LogP contribution in [0.1, 0.15) is 73.5 Å². The summed E-state index contributed by atoms with van der Waals surface area (Å²) in [7, 11) is 1.70. The van der Waals surface area contributed by atoms with Gasteiger partial charge in [-0.1, -0.05) is 18.2 Å². The lowest BCUT2D eigenvalue weighted by atomic mass is 10.1. The maximum Gasteiger partial charge on any atom is 0.305 e. The summed E-state index contributed by atoms with van der Waals surface area (Å²) < 4.78 is 15.7. The largest absolute Gasteiger partial charge is 0.491 e. The number of carbonyl (C=O) groups excluding carboxylic acids is 4. The third kappa shape index (κ3) is 16.8. The molecular weight excluding hydrogens is 957 g/mol. The van der Waals surface area contributed by atoms with Gasteiger partial charge in [-0.15, -0.1) is 0 Å². The molecule has 0 spiro atoms. The molecule has 4 rings (SSSR count). The molecule has 24 nitrogen and oxygen atoms in total. The van der Waals surface area contributed by atoms with Gasteiger partial charge in [0.2, 0.25) is 17.8 Å². The molecule has 2 aromatic carbocycles. The number of anilines is 1. The van der Waals surface area contributed by atoms with Crippen LogP contribution in [0.25, 0.3) is 22.1 Å². The molecule has 2 heterocycles. The van der Waals surface area contributed by atoms with Gasteiger partial charge in [-0.2, -0.15) is 0 Å². The first kappa shape index (κ1) is 57.5. The van der Waals surface area contributed by atoms with Crippen LogP contribution >= 0.6 is 0 Å². The van der Waals surface area contributed by atoms with Gasteiger partial charge in [-0.05, 0) is 76.6 Å². The minimum absolute atomic E-state index is 0.0137. The number of fused-ring (bicyclic) bond motifs is 2. The molecule has 74 heavy (non-hydrogen) atoms. The number of benzene rings is 2. The molecule has 0 atom stereocenters. The van der Waals surface area contributed by atoms with E-state index in [-0.39, 0.29) is 128 Å². The number of primary amides is 2. The van der Waals surface area contributed by atoms with Crippen LogP contribution in [-0.2, 0) is 38.7 Å². The Hall–Kier alpha value is -9.09. The summed E-state index contributed by atoms with van der Waals surface area (Å²) in [4.78, 5) is 99.2. The van der Waals surface area contributed by atoms with Crippen molar-refractivity contribution in [2.75, 3.05) is 51.8 Å². The number of hydrogen-bond acceptors (Lipinski definition) is 17. The highest BCUT2D eigenvalue weighted by atomic mass is 16.5. The van der Waals surface area contributed by atoms with Crippen molar-refractivity contribution in [2.45, 2.75) is 66.5 Å². The number of ketones is 1. The van der Waals surface area contributed by atoms with Gasteiger partial charge in [0, 0.05) is 81.1 Å². The Morgan fingerprint density at radius 2 is 1.32 bits per heavy atom. The first-order valence-electron chi connectivity index (χ1n) is 23.4. The van der Waals surface area contributed by atoms with E-state index in [0.717, 1.165) is 0 Å². The van der Waals surface area contributed by atoms with Crippen molar-refractivity contribution in [1.29, 1.82) is 0 Å². The lowest BCUT2D eigenvalue weighted by molar-refractivity contribution is -0.138. The number of carbonyl (C=O) groups is 6. The van der Waals surface area contributed by atoms with E-state index in [1.165, 1.54) is 48.8 Å². The average molecular weight is 1020 g/mol. The number of ether oxygens (including phenoxy) is 2. The van der Waals surface area contributed by atoms with Gasteiger partial charge in [0.05, 0.1) is 42.7 Å². The van der Waals surface area contributed by atoms with Crippen molar-refractivity contribution in [3.05, 3.63) is 101 Å². The van der Waals surface area contributed by atoms with Crippen molar-refractivity contribution in [1.82, 2.24) is 24.0 Å². The number of amides is 3. The van der Waals surface area contributed by atoms with Gasteiger partial charge in [0.25, 0.3) is 5.91 Å². The zero-order chi connectivity index (χ0) is 54.5. The number of aliphatic carboxylic acids is 2. The topological polar surface area (TPSA) is 379 Å². The first-order valence-corrected chi connectivity index (χ1v) is 23.4. The van der Waals surface area contributed by atoms with Crippen LogP contribution in [0.4, 0.5) is 5.95 Å². The Kier molecular flexibility index (Phi) is 21.8. The van der Waals surface area contributed by atoms with E-state index in [1.54, 1.807) is 73.1 Å². The SMILES string of the molecule is CCN=C(/C=C(/C)N)C(=O)Cc1nc2cc(C(N)=O)cc(OCCCC(=O)O)c2n1C/C=C/Cn1c(NC(=O)C(/C=C(/C)N)=NCC)nc2cc(C(N)=O)cc(OC/C=C/CN=C/C(=C\N)N(C)CCC(=O)O)c21. The highest BCUT2D eigenvalue weighted by molar-refractivity contribution is 6.47. The molecule has 13 N–H and O–H groups in total. The molecule has 0 fully saturated rings. The summed E-state index contributed by atoms with van der Waals surface area (Å²) in [5, 5.41) is 21.1. The Morgan fingerprint density at radius 1 is 0.757 bits per heavy atom. The molecule has 0 saturated heterocycles. The fraction of sp³-hybridized carbons (Fsp3) is 0.340. The quantitative estimate of drug-likeness (QED) is 0.0211. The molecule has 24 heteroatoms. The van der Waals surface area contributed by atoms with E-state index in [0.29, 0.717) is 34.7 Å². The van der Waals surface area contributed by atoms with Crippen LogP contribution in [0.3, 0.4) is 0 Å². The lowest BCUT2D eigenvalue weighted by Crippen LogP contribution is -2.24. The van der Waals surface area contributed by atoms with Crippen molar-refractivity contribution in [3.8, 4) is 11.5 Å².